The molecule has 0 radical (unpaired) electrons. The summed E-state index contributed by atoms with van der Waals surface area (Å²) in [5.41, 5.74) is 0.914. The summed E-state index contributed by atoms with van der Waals surface area (Å²) in [5.74, 6) is 0. The summed E-state index contributed by atoms with van der Waals surface area (Å²) in [7, 11) is -1.89. The lowest BCUT2D eigenvalue weighted by atomic mass is 9.92. The Balaban J connectivity index is 2.00. The van der Waals surface area contributed by atoms with Gasteiger partial charge in [0.25, 0.3) is 0 Å². The van der Waals surface area contributed by atoms with Crippen molar-refractivity contribution in [1.29, 1.82) is 0 Å². The second-order valence-electron chi connectivity index (χ2n) is 5.24. The Bertz CT molecular complexity index is 545. The van der Waals surface area contributed by atoms with Crippen molar-refractivity contribution < 1.29 is 13.2 Å². The number of hydrogen-bond donors (Lipinski definition) is 2. The summed E-state index contributed by atoms with van der Waals surface area (Å²) < 4.78 is 28.1. The average molecular weight is 298 g/mol. The van der Waals surface area contributed by atoms with Crippen LogP contribution in [0.15, 0.2) is 29.2 Å². The number of rotatable bonds is 5. The van der Waals surface area contributed by atoms with Crippen molar-refractivity contribution in [3.05, 3.63) is 29.8 Å². The molecule has 3 N–H and O–H groups in total. The van der Waals surface area contributed by atoms with E-state index in [9.17, 15) is 8.42 Å². The van der Waals surface area contributed by atoms with E-state index in [0.29, 0.717) is 12.6 Å². The molecule has 1 aliphatic carbocycles. The van der Waals surface area contributed by atoms with Gasteiger partial charge in [-0.25, -0.2) is 13.6 Å². The van der Waals surface area contributed by atoms with Crippen molar-refractivity contribution in [2.45, 2.75) is 49.3 Å². The molecule has 1 aliphatic rings. The first-order valence-electron chi connectivity index (χ1n) is 6.88. The van der Waals surface area contributed by atoms with Crippen LogP contribution in [0.1, 0.15) is 31.2 Å². The fourth-order valence-electron chi connectivity index (χ4n) is 2.69. The lowest BCUT2D eigenvalue weighted by Crippen LogP contribution is -2.42. The minimum absolute atomic E-state index is 0.156. The van der Waals surface area contributed by atoms with Crippen molar-refractivity contribution in [3.8, 4) is 0 Å². The number of nitrogens with two attached hydrogens (primary N) is 1. The van der Waals surface area contributed by atoms with Crippen LogP contribution in [0.2, 0.25) is 0 Å². The Labute approximate surface area is 120 Å². The highest BCUT2D eigenvalue weighted by Gasteiger charge is 2.24. The topological polar surface area (TPSA) is 81.4 Å². The molecule has 0 spiro atoms. The van der Waals surface area contributed by atoms with Gasteiger partial charge in [-0.05, 0) is 30.5 Å². The summed E-state index contributed by atoms with van der Waals surface area (Å²) in [6, 6.07) is 7.06. The Hall–Kier alpha value is -0.950. The fourth-order valence-corrected chi connectivity index (χ4v) is 3.28. The molecule has 1 aromatic carbocycles. The molecule has 2 rings (SSSR count). The molecule has 0 bridgehead atoms. The van der Waals surface area contributed by atoms with Crippen LogP contribution in [0, 0.1) is 0 Å². The van der Waals surface area contributed by atoms with Gasteiger partial charge in [-0.2, -0.15) is 0 Å². The van der Waals surface area contributed by atoms with Crippen molar-refractivity contribution in [2.75, 3.05) is 7.11 Å². The minimum Gasteiger partial charge on any atom is -0.380 e. The maximum Gasteiger partial charge on any atom is 0.238 e. The highest BCUT2D eigenvalue weighted by molar-refractivity contribution is 7.89. The van der Waals surface area contributed by atoms with Gasteiger partial charge in [-0.1, -0.05) is 25.0 Å². The molecular formula is C14H22N2O3S. The smallest absolute Gasteiger partial charge is 0.238 e. The van der Waals surface area contributed by atoms with E-state index >= 15 is 0 Å². The van der Waals surface area contributed by atoms with Crippen LogP contribution in [-0.2, 0) is 21.3 Å². The third kappa shape index (κ3) is 4.02. The van der Waals surface area contributed by atoms with Gasteiger partial charge < -0.3 is 10.1 Å². The number of sulfonamides is 1. The summed E-state index contributed by atoms with van der Waals surface area (Å²) in [6.07, 6.45) is 4.82. The average Bonchev–Trinajstić information content (AvgIpc) is 2.45. The zero-order valence-electron chi connectivity index (χ0n) is 11.7. The number of ether oxygens (including phenoxy) is 1. The van der Waals surface area contributed by atoms with Gasteiger partial charge in [0.1, 0.15) is 0 Å². The Morgan fingerprint density at radius 2 is 2.10 bits per heavy atom. The molecule has 2 atom stereocenters. The van der Waals surface area contributed by atoms with Crippen LogP contribution in [0.5, 0.6) is 0 Å². The van der Waals surface area contributed by atoms with Crippen LogP contribution < -0.4 is 10.5 Å². The molecule has 2 unspecified atom stereocenters. The van der Waals surface area contributed by atoms with Gasteiger partial charge >= 0.3 is 0 Å². The lowest BCUT2D eigenvalue weighted by molar-refractivity contribution is 0.0413. The number of nitrogens with one attached hydrogen (secondary N) is 1. The van der Waals surface area contributed by atoms with Crippen LogP contribution in [-0.4, -0.2) is 27.7 Å². The van der Waals surface area contributed by atoms with Crippen molar-refractivity contribution in [2.24, 2.45) is 5.14 Å². The van der Waals surface area contributed by atoms with E-state index in [4.69, 9.17) is 9.88 Å². The molecule has 0 aromatic heterocycles. The standard InChI is InChI=1S/C14H22N2O3S/c1-19-14-8-3-2-7-13(14)16-10-11-5-4-6-12(9-11)20(15,17)18/h4-6,9,13-14,16H,2-3,7-8,10H2,1H3,(H2,15,17,18). The predicted molar refractivity (Wildman–Crippen MR) is 77.7 cm³/mol. The number of benzene rings is 1. The number of primary sulfonamides is 1. The summed E-state index contributed by atoms with van der Waals surface area (Å²) in [4.78, 5) is 0.156. The van der Waals surface area contributed by atoms with E-state index in [1.807, 2.05) is 6.07 Å². The van der Waals surface area contributed by atoms with Gasteiger partial charge in [-0.3, -0.25) is 0 Å². The molecular weight excluding hydrogens is 276 g/mol. The van der Waals surface area contributed by atoms with E-state index in [0.717, 1.165) is 18.4 Å². The SMILES string of the molecule is COC1CCCCC1NCc1cccc(S(N)(=O)=O)c1. The fraction of sp³-hybridized carbons (Fsp3) is 0.571. The van der Waals surface area contributed by atoms with Crippen molar-refractivity contribution in [3.63, 3.8) is 0 Å². The zero-order chi connectivity index (χ0) is 14.6. The molecule has 5 nitrogen and oxygen atoms in total. The third-order valence-electron chi connectivity index (χ3n) is 3.80. The van der Waals surface area contributed by atoms with Crippen LogP contribution in [0.25, 0.3) is 0 Å². The van der Waals surface area contributed by atoms with E-state index < -0.39 is 10.0 Å². The van der Waals surface area contributed by atoms with Gasteiger partial charge in [-0.15, -0.1) is 0 Å². The van der Waals surface area contributed by atoms with Gasteiger partial charge in [0, 0.05) is 19.7 Å². The van der Waals surface area contributed by atoms with Crippen LogP contribution in [0.3, 0.4) is 0 Å². The molecule has 112 valence electrons. The van der Waals surface area contributed by atoms with Crippen LogP contribution >= 0.6 is 0 Å². The van der Waals surface area contributed by atoms with Crippen molar-refractivity contribution in [1.82, 2.24) is 5.32 Å². The first-order valence-corrected chi connectivity index (χ1v) is 8.43. The maximum absolute atomic E-state index is 11.3. The lowest BCUT2D eigenvalue weighted by Gasteiger charge is -2.31. The summed E-state index contributed by atoms with van der Waals surface area (Å²) >= 11 is 0. The molecule has 1 saturated carbocycles. The minimum atomic E-state index is -3.64. The molecule has 20 heavy (non-hydrogen) atoms. The third-order valence-corrected chi connectivity index (χ3v) is 4.71. The molecule has 0 heterocycles. The molecule has 0 saturated heterocycles. The van der Waals surface area contributed by atoms with E-state index in [1.54, 1.807) is 19.2 Å². The Morgan fingerprint density at radius 1 is 1.35 bits per heavy atom. The predicted octanol–water partition coefficient (Wildman–Crippen LogP) is 1.38. The molecule has 1 aromatic rings. The van der Waals surface area contributed by atoms with Gasteiger partial charge in [0.05, 0.1) is 11.0 Å². The summed E-state index contributed by atoms with van der Waals surface area (Å²) in [6.45, 7) is 0.619. The van der Waals surface area contributed by atoms with E-state index in [-0.39, 0.29) is 11.0 Å². The first-order chi connectivity index (χ1) is 9.50. The Morgan fingerprint density at radius 3 is 2.80 bits per heavy atom. The number of hydrogen-bond acceptors (Lipinski definition) is 4. The monoisotopic (exact) mass is 298 g/mol. The highest BCUT2D eigenvalue weighted by Crippen LogP contribution is 2.21. The quantitative estimate of drug-likeness (QED) is 0.860. The normalized spacial score (nSPS) is 23.7. The highest BCUT2D eigenvalue weighted by atomic mass is 32.2. The molecule has 1 fully saturated rings. The van der Waals surface area contributed by atoms with E-state index in [1.165, 1.54) is 18.9 Å². The molecule has 0 aliphatic heterocycles. The maximum atomic E-state index is 11.3. The second kappa shape index (κ2) is 6.67. The summed E-state index contributed by atoms with van der Waals surface area (Å²) in [5, 5.41) is 8.60. The van der Waals surface area contributed by atoms with Crippen LogP contribution in [0.4, 0.5) is 0 Å². The van der Waals surface area contributed by atoms with Gasteiger partial charge in [0.2, 0.25) is 10.0 Å². The van der Waals surface area contributed by atoms with E-state index in [2.05, 4.69) is 5.32 Å². The second-order valence-corrected chi connectivity index (χ2v) is 6.80. The zero-order valence-corrected chi connectivity index (χ0v) is 12.5. The van der Waals surface area contributed by atoms with Crippen molar-refractivity contribution >= 4 is 10.0 Å². The van der Waals surface area contributed by atoms with Gasteiger partial charge in [0.15, 0.2) is 0 Å². The number of methoxy groups -OCH3 is 1. The molecule has 6 heteroatoms. The Kier molecular flexibility index (Phi) is 5.15. The largest absolute Gasteiger partial charge is 0.380 e. The first kappa shape index (κ1) is 15.4. The molecule has 0 amide bonds.